The van der Waals surface area contributed by atoms with Crippen molar-refractivity contribution < 1.29 is 0 Å². The van der Waals surface area contributed by atoms with Gasteiger partial charge in [0.05, 0.1) is 0 Å². The van der Waals surface area contributed by atoms with Crippen LogP contribution in [-0.2, 0) is 0 Å². The van der Waals surface area contributed by atoms with Crippen LogP contribution in [0.5, 0.6) is 0 Å². The lowest BCUT2D eigenvalue weighted by Gasteiger charge is -2.22. The maximum Gasteiger partial charge on any atom is 0.0182 e. The van der Waals surface area contributed by atoms with Gasteiger partial charge in [0.1, 0.15) is 0 Å². The van der Waals surface area contributed by atoms with Crippen molar-refractivity contribution in [2.45, 2.75) is 24.1 Å². The Balaban J connectivity index is 1.97. The zero-order chi connectivity index (χ0) is 7.42. The van der Waals surface area contributed by atoms with Crippen molar-refractivity contribution in [1.82, 2.24) is 0 Å². The first-order chi connectivity index (χ1) is 5.36. The molecule has 0 unspecified atom stereocenters. The minimum absolute atomic E-state index is 0.840. The van der Waals surface area contributed by atoms with Gasteiger partial charge in [-0.15, -0.1) is 0 Å². The van der Waals surface area contributed by atoms with E-state index < -0.39 is 0 Å². The quantitative estimate of drug-likeness (QED) is 0.428. The van der Waals surface area contributed by atoms with Crippen LogP contribution in [0.1, 0.15) is 19.3 Å². The molecule has 3 aliphatic carbocycles. The van der Waals surface area contributed by atoms with Gasteiger partial charge in [0.2, 0.25) is 0 Å². The molecule has 0 N–H and O–H groups in total. The second kappa shape index (κ2) is 2.12. The van der Waals surface area contributed by atoms with Crippen molar-refractivity contribution in [3.05, 3.63) is 12.2 Å². The minimum atomic E-state index is 0.840. The van der Waals surface area contributed by atoms with Crippen LogP contribution in [0, 0.1) is 23.7 Å². The van der Waals surface area contributed by atoms with Crippen LogP contribution in [0.25, 0.3) is 0 Å². The first kappa shape index (κ1) is 6.71. The van der Waals surface area contributed by atoms with E-state index in [1.807, 2.05) is 0 Å². The number of fused-ring (bicyclic) bond motifs is 5. The molecular weight excluding hydrogens is 200 g/mol. The molecule has 60 valence electrons. The lowest BCUT2D eigenvalue weighted by molar-refractivity contribution is 0.371. The van der Waals surface area contributed by atoms with Crippen LogP contribution in [-0.4, -0.2) is 4.83 Å². The highest BCUT2D eigenvalue weighted by Gasteiger charge is 2.50. The Labute approximate surface area is 76.2 Å². The Hall–Kier alpha value is 0.220. The van der Waals surface area contributed by atoms with E-state index in [-0.39, 0.29) is 0 Å². The van der Waals surface area contributed by atoms with Crippen LogP contribution in [0.15, 0.2) is 12.2 Å². The number of rotatable bonds is 0. The van der Waals surface area contributed by atoms with Crippen molar-refractivity contribution in [1.29, 1.82) is 0 Å². The van der Waals surface area contributed by atoms with E-state index in [2.05, 4.69) is 28.1 Å². The third kappa shape index (κ3) is 0.756. The first-order valence-corrected chi connectivity index (χ1v) is 5.60. The second-order valence-corrected chi connectivity index (χ2v) is 5.46. The molecule has 2 saturated carbocycles. The summed E-state index contributed by atoms with van der Waals surface area (Å²) in [4.78, 5) is 0.840. The molecule has 1 heteroatoms. The summed E-state index contributed by atoms with van der Waals surface area (Å²) in [5, 5.41) is 0. The summed E-state index contributed by atoms with van der Waals surface area (Å²) in [6, 6.07) is 0. The van der Waals surface area contributed by atoms with Gasteiger partial charge in [0, 0.05) is 4.83 Å². The Morgan fingerprint density at radius 3 is 2.73 bits per heavy atom. The van der Waals surface area contributed by atoms with Crippen LogP contribution in [0.4, 0.5) is 0 Å². The molecule has 0 aromatic rings. The zero-order valence-corrected chi connectivity index (χ0v) is 8.13. The van der Waals surface area contributed by atoms with Gasteiger partial charge in [0.15, 0.2) is 0 Å². The van der Waals surface area contributed by atoms with Crippen LogP contribution in [0.3, 0.4) is 0 Å². The van der Waals surface area contributed by atoms with Crippen LogP contribution in [0.2, 0.25) is 0 Å². The second-order valence-electron chi connectivity index (χ2n) is 4.28. The standard InChI is InChI=1S/C10H13Br/c11-9-4-3-8-6-1-2-7(5-6)10(8)9/h1-2,6-10H,3-5H2/t6-,7+,8-,9+,10+/m0/s1. The number of hydrogen-bond acceptors (Lipinski definition) is 0. The lowest BCUT2D eigenvalue weighted by atomic mass is 9.86. The monoisotopic (exact) mass is 212 g/mol. The molecular formula is C10H13Br. The molecule has 0 aromatic heterocycles. The normalized spacial score (nSPS) is 58.8. The number of hydrogen-bond donors (Lipinski definition) is 0. The van der Waals surface area contributed by atoms with Crippen LogP contribution < -0.4 is 0 Å². The molecule has 0 saturated heterocycles. The molecule has 0 spiro atoms. The van der Waals surface area contributed by atoms with Crippen molar-refractivity contribution >= 4 is 15.9 Å². The summed E-state index contributed by atoms with van der Waals surface area (Å²) >= 11 is 3.81. The van der Waals surface area contributed by atoms with E-state index in [1.165, 1.54) is 19.3 Å². The van der Waals surface area contributed by atoms with E-state index in [0.717, 1.165) is 28.5 Å². The van der Waals surface area contributed by atoms with Crippen molar-refractivity contribution in [3.63, 3.8) is 0 Å². The van der Waals surface area contributed by atoms with Gasteiger partial charge >= 0.3 is 0 Å². The van der Waals surface area contributed by atoms with Gasteiger partial charge in [-0.3, -0.25) is 0 Å². The third-order valence-electron chi connectivity index (χ3n) is 3.88. The molecule has 0 heterocycles. The highest BCUT2D eigenvalue weighted by molar-refractivity contribution is 9.09. The topological polar surface area (TPSA) is 0 Å². The highest BCUT2D eigenvalue weighted by Crippen LogP contribution is 2.57. The van der Waals surface area contributed by atoms with Crippen molar-refractivity contribution in [2.75, 3.05) is 0 Å². The first-order valence-electron chi connectivity index (χ1n) is 4.68. The Bertz CT molecular complexity index is 209. The highest BCUT2D eigenvalue weighted by atomic mass is 79.9. The summed E-state index contributed by atoms with van der Waals surface area (Å²) in [5.41, 5.74) is 0. The summed E-state index contributed by atoms with van der Waals surface area (Å²) in [6.07, 6.45) is 9.30. The zero-order valence-electron chi connectivity index (χ0n) is 6.54. The molecule has 11 heavy (non-hydrogen) atoms. The van der Waals surface area contributed by atoms with Gasteiger partial charge in [-0.25, -0.2) is 0 Å². The molecule has 3 rings (SSSR count). The summed E-state index contributed by atoms with van der Waals surface area (Å²) in [5.74, 6) is 3.96. The molecule has 0 radical (unpaired) electrons. The van der Waals surface area contributed by atoms with E-state index in [1.54, 1.807) is 0 Å². The molecule has 2 fully saturated rings. The van der Waals surface area contributed by atoms with Gasteiger partial charge in [-0.1, -0.05) is 28.1 Å². The predicted molar refractivity (Wildman–Crippen MR) is 49.7 cm³/mol. The summed E-state index contributed by atoms with van der Waals surface area (Å²) in [6.45, 7) is 0. The third-order valence-corrected chi connectivity index (χ3v) is 4.95. The predicted octanol–water partition coefficient (Wildman–Crippen LogP) is 2.98. The molecule has 0 aliphatic heterocycles. The molecule has 2 bridgehead atoms. The molecule has 0 nitrogen and oxygen atoms in total. The van der Waals surface area contributed by atoms with Gasteiger partial charge in [-0.2, -0.15) is 0 Å². The molecule has 3 aliphatic rings. The summed E-state index contributed by atoms with van der Waals surface area (Å²) in [7, 11) is 0. The van der Waals surface area contributed by atoms with Crippen molar-refractivity contribution in [3.8, 4) is 0 Å². The minimum Gasteiger partial charge on any atom is -0.0887 e. The average Bonchev–Trinajstić information content (AvgIpc) is 2.60. The van der Waals surface area contributed by atoms with Gasteiger partial charge < -0.3 is 0 Å². The van der Waals surface area contributed by atoms with E-state index in [4.69, 9.17) is 0 Å². The van der Waals surface area contributed by atoms with E-state index >= 15 is 0 Å². The average molecular weight is 213 g/mol. The fourth-order valence-corrected chi connectivity index (χ4v) is 4.50. The number of alkyl halides is 1. The van der Waals surface area contributed by atoms with E-state index in [0.29, 0.717) is 0 Å². The van der Waals surface area contributed by atoms with Gasteiger partial charge in [-0.05, 0) is 42.9 Å². The Morgan fingerprint density at radius 2 is 1.91 bits per heavy atom. The smallest absolute Gasteiger partial charge is 0.0182 e. The summed E-state index contributed by atoms with van der Waals surface area (Å²) < 4.78 is 0. The maximum atomic E-state index is 3.81. The largest absolute Gasteiger partial charge is 0.0887 e. The van der Waals surface area contributed by atoms with Crippen molar-refractivity contribution in [2.24, 2.45) is 23.7 Å². The lowest BCUT2D eigenvalue weighted by Crippen LogP contribution is -2.18. The number of allylic oxidation sites excluding steroid dienone is 2. The fourth-order valence-electron chi connectivity index (χ4n) is 3.45. The Morgan fingerprint density at radius 1 is 1.09 bits per heavy atom. The fraction of sp³-hybridized carbons (Fsp3) is 0.800. The SMILES string of the molecule is Br[C@@H]1CC[C@@H]2[C@H]1[C@@H]1C=C[C@H]2C1. The van der Waals surface area contributed by atoms with Gasteiger partial charge in [0.25, 0.3) is 0 Å². The van der Waals surface area contributed by atoms with Crippen LogP contribution >= 0.6 is 15.9 Å². The molecule has 0 aromatic carbocycles. The van der Waals surface area contributed by atoms with E-state index in [9.17, 15) is 0 Å². The maximum absolute atomic E-state index is 3.81. The number of halogens is 1. The Kier molecular flexibility index (Phi) is 1.30. The molecule has 0 amide bonds. The molecule has 5 atom stereocenters.